The predicted octanol–water partition coefficient (Wildman–Crippen LogP) is 5.98. The lowest BCUT2D eigenvalue weighted by molar-refractivity contribution is -0.152. The number of unbranched alkanes of at least 4 members (excludes halogenated alkanes) is 1. The first-order chi connectivity index (χ1) is 20.9. The van der Waals surface area contributed by atoms with Crippen molar-refractivity contribution in [3.63, 3.8) is 0 Å². The highest BCUT2D eigenvalue weighted by atomic mass is 35.5. The van der Waals surface area contributed by atoms with Crippen LogP contribution in [0.5, 0.6) is 5.88 Å². The number of ether oxygens (including phenoxy) is 3. The third kappa shape index (κ3) is 7.07. The van der Waals surface area contributed by atoms with Crippen molar-refractivity contribution in [2.75, 3.05) is 13.7 Å². The summed E-state index contributed by atoms with van der Waals surface area (Å²) in [5.41, 5.74) is 0.347. The molecule has 2 amide bonds. The molecule has 7 atom stereocenters. The van der Waals surface area contributed by atoms with E-state index < -0.39 is 41.6 Å². The highest BCUT2D eigenvalue weighted by Crippen LogP contribution is 2.57. The number of halogens is 2. The predicted molar refractivity (Wildman–Crippen MR) is 167 cm³/mol. The smallest absolute Gasteiger partial charge is 0.408 e. The molecule has 0 bridgehead atoms. The van der Waals surface area contributed by atoms with Gasteiger partial charge in [-0.1, -0.05) is 50.0 Å². The number of alkyl carbamates (subject to hydrolysis) is 1. The fraction of sp³-hybridized carbons (Fsp3) is 0.594. The third-order valence-electron chi connectivity index (χ3n) is 8.97. The van der Waals surface area contributed by atoms with Gasteiger partial charge in [0.25, 0.3) is 5.88 Å². The Morgan fingerprint density at radius 3 is 2.64 bits per heavy atom. The summed E-state index contributed by atoms with van der Waals surface area (Å²) in [7, 11) is 1.27. The topological polar surface area (TPSA) is 120 Å². The first kappa shape index (κ1) is 32.3. The standard InChI is InChI=1S/C32H40Cl2N4O6/c1-6-7-8-9-20-21-12-17(21)13-25(20)44-31(41)37-26(32(2,3)4)29(39)38-16-19(15-24(38)30(40)42-5)43-28-27(34)35-22-11-10-18(33)14-23(22)36-28/h6,10-11,14,17,19-21,24-26H,1,7-9,12-13,15-16H2,2-5H3,(H,37,41). The van der Waals surface area contributed by atoms with Crippen LogP contribution in [0.1, 0.15) is 59.3 Å². The van der Waals surface area contributed by atoms with Gasteiger partial charge in [0, 0.05) is 11.4 Å². The molecule has 1 saturated heterocycles. The van der Waals surface area contributed by atoms with Crippen LogP contribution in [-0.4, -0.2) is 70.8 Å². The van der Waals surface area contributed by atoms with Crippen molar-refractivity contribution < 1.29 is 28.6 Å². The Bertz CT molecular complexity index is 1430. The molecule has 3 fully saturated rings. The van der Waals surface area contributed by atoms with Gasteiger partial charge in [-0.25, -0.2) is 19.6 Å². The second kappa shape index (κ2) is 13.1. The molecule has 12 heteroatoms. The van der Waals surface area contributed by atoms with Crippen LogP contribution in [0, 0.1) is 23.2 Å². The summed E-state index contributed by atoms with van der Waals surface area (Å²) in [5, 5.41) is 3.36. The van der Waals surface area contributed by atoms with Crippen molar-refractivity contribution >= 4 is 52.2 Å². The maximum atomic E-state index is 14.1. The van der Waals surface area contributed by atoms with Crippen molar-refractivity contribution in [1.29, 1.82) is 0 Å². The summed E-state index contributed by atoms with van der Waals surface area (Å²) in [6, 6.07) is 3.13. The van der Waals surface area contributed by atoms with Crippen LogP contribution in [0.15, 0.2) is 30.9 Å². The number of likely N-dealkylation sites (tertiary alicyclic amines) is 1. The molecule has 0 spiro atoms. The van der Waals surface area contributed by atoms with E-state index >= 15 is 0 Å². The zero-order valence-corrected chi connectivity index (χ0v) is 27.1. The molecule has 238 valence electrons. The van der Waals surface area contributed by atoms with E-state index in [1.807, 2.05) is 26.8 Å². The number of benzene rings is 1. The molecule has 0 radical (unpaired) electrons. The van der Waals surface area contributed by atoms with Gasteiger partial charge in [-0.3, -0.25) is 4.79 Å². The quantitative estimate of drug-likeness (QED) is 0.190. The van der Waals surface area contributed by atoms with Crippen molar-refractivity contribution in [1.82, 2.24) is 20.2 Å². The Balaban J connectivity index is 1.29. The van der Waals surface area contributed by atoms with Crippen LogP contribution in [0.2, 0.25) is 10.2 Å². The summed E-state index contributed by atoms with van der Waals surface area (Å²) in [6.07, 6.45) is 5.60. The van der Waals surface area contributed by atoms with Crippen molar-refractivity contribution in [2.24, 2.45) is 23.2 Å². The van der Waals surface area contributed by atoms with Crippen LogP contribution < -0.4 is 10.1 Å². The van der Waals surface area contributed by atoms with Crippen LogP contribution in [0.3, 0.4) is 0 Å². The van der Waals surface area contributed by atoms with Gasteiger partial charge < -0.3 is 24.4 Å². The summed E-state index contributed by atoms with van der Waals surface area (Å²) < 4.78 is 17.1. The van der Waals surface area contributed by atoms with E-state index in [9.17, 15) is 14.4 Å². The van der Waals surface area contributed by atoms with E-state index in [1.54, 1.807) is 18.2 Å². The normalized spacial score (nSPS) is 26.5. The van der Waals surface area contributed by atoms with E-state index in [0.717, 1.165) is 25.7 Å². The number of fused-ring (bicyclic) bond motifs is 2. The number of carbonyl (C=O) groups is 3. The fourth-order valence-electron chi connectivity index (χ4n) is 6.66. The fourth-order valence-corrected chi connectivity index (χ4v) is 7.01. The Hall–Kier alpha value is -3.11. The molecule has 2 aromatic rings. The van der Waals surface area contributed by atoms with Gasteiger partial charge in [-0.05, 0) is 73.5 Å². The lowest BCUT2D eigenvalue weighted by Crippen LogP contribution is -2.57. The molecule has 2 aliphatic carbocycles. The number of hydrogen-bond acceptors (Lipinski definition) is 8. The average molecular weight is 648 g/mol. The van der Waals surface area contributed by atoms with Crippen LogP contribution in [-0.2, 0) is 19.1 Å². The molecule has 1 aromatic heterocycles. The number of esters is 1. The van der Waals surface area contributed by atoms with Gasteiger partial charge in [0.05, 0.1) is 24.7 Å². The first-order valence-electron chi connectivity index (χ1n) is 15.2. The van der Waals surface area contributed by atoms with Crippen LogP contribution in [0.4, 0.5) is 4.79 Å². The molecular weight excluding hydrogens is 607 g/mol. The SMILES string of the molecule is C=CCCCC1C(OC(=O)NC(C(=O)N2CC(Oc3nc4cc(Cl)ccc4nc3Cl)CC2C(=O)OC)C(C)(C)C)CC2CC21. The average Bonchev–Trinajstić information content (AvgIpc) is 3.46. The maximum absolute atomic E-state index is 14.1. The van der Waals surface area contributed by atoms with Gasteiger partial charge in [0.1, 0.15) is 24.3 Å². The molecular formula is C32H40Cl2N4O6. The highest BCUT2D eigenvalue weighted by Gasteiger charge is 2.54. The largest absolute Gasteiger partial charge is 0.470 e. The number of methoxy groups -OCH3 is 1. The number of rotatable bonds is 10. The number of hydrogen-bond donors (Lipinski definition) is 1. The Labute approximate surface area is 267 Å². The zero-order chi connectivity index (χ0) is 31.8. The molecule has 7 unspecified atom stereocenters. The molecule has 2 saturated carbocycles. The van der Waals surface area contributed by atoms with Gasteiger partial charge in [-0.2, -0.15) is 0 Å². The molecule has 1 aliphatic heterocycles. The van der Waals surface area contributed by atoms with E-state index in [0.29, 0.717) is 33.8 Å². The molecule has 44 heavy (non-hydrogen) atoms. The summed E-state index contributed by atoms with van der Waals surface area (Å²) in [4.78, 5) is 50.4. The Morgan fingerprint density at radius 1 is 1.16 bits per heavy atom. The van der Waals surface area contributed by atoms with Gasteiger partial charge in [0.15, 0.2) is 5.15 Å². The number of allylic oxidation sites excluding steroid dienone is 1. The molecule has 1 N–H and O–H groups in total. The van der Waals surface area contributed by atoms with Gasteiger partial charge >= 0.3 is 12.1 Å². The van der Waals surface area contributed by atoms with Crippen LogP contribution in [0.25, 0.3) is 11.0 Å². The molecule has 5 rings (SSSR count). The Morgan fingerprint density at radius 2 is 1.93 bits per heavy atom. The van der Waals surface area contributed by atoms with Crippen molar-refractivity contribution in [2.45, 2.75) is 83.6 Å². The Kier molecular flexibility index (Phi) is 9.61. The minimum atomic E-state index is -0.970. The number of nitrogens with one attached hydrogen (secondary N) is 1. The molecule has 10 nitrogen and oxygen atoms in total. The summed E-state index contributed by atoms with van der Waals surface area (Å²) >= 11 is 12.5. The van der Waals surface area contributed by atoms with Crippen molar-refractivity contribution in [3.05, 3.63) is 41.0 Å². The lowest BCUT2D eigenvalue weighted by Gasteiger charge is -2.35. The van der Waals surface area contributed by atoms with E-state index in [1.165, 1.54) is 18.4 Å². The van der Waals surface area contributed by atoms with Crippen molar-refractivity contribution in [3.8, 4) is 5.88 Å². The maximum Gasteiger partial charge on any atom is 0.408 e. The molecule has 1 aromatic carbocycles. The third-order valence-corrected chi connectivity index (χ3v) is 9.45. The second-order valence-corrected chi connectivity index (χ2v) is 13.9. The highest BCUT2D eigenvalue weighted by molar-refractivity contribution is 6.32. The first-order valence-corrected chi connectivity index (χ1v) is 15.9. The monoisotopic (exact) mass is 646 g/mol. The van der Waals surface area contributed by atoms with Gasteiger partial charge in [0.2, 0.25) is 5.91 Å². The van der Waals surface area contributed by atoms with E-state index in [-0.39, 0.29) is 30.1 Å². The number of amides is 2. The van der Waals surface area contributed by atoms with Crippen LogP contribution >= 0.6 is 23.2 Å². The molecule has 2 heterocycles. The number of aromatic nitrogens is 2. The number of carbonyl (C=O) groups excluding carboxylic acids is 3. The second-order valence-electron chi connectivity index (χ2n) is 13.1. The zero-order valence-electron chi connectivity index (χ0n) is 25.6. The minimum Gasteiger partial charge on any atom is -0.470 e. The summed E-state index contributed by atoms with van der Waals surface area (Å²) in [5.74, 6) is 0.593. The van der Waals surface area contributed by atoms with E-state index in [2.05, 4.69) is 21.9 Å². The number of nitrogens with zero attached hydrogens (tertiary/aromatic N) is 3. The van der Waals surface area contributed by atoms with E-state index in [4.69, 9.17) is 37.4 Å². The van der Waals surface area contributed by atoms with Gasteiger partial charge in [-0.15, -0.1) is 6.58 Å². The summed E-state index contributed by atoms with van der Waals surface area (Å²) in [6.45, 7) is 9.41. The molecule has 3 aliphatic rings. The lowest BCUT2D eigenvalue weighted by atomic mass is 9.85. The minimum absolute atomic E-state index is 0.0449.